The molecular weight excluding hydrogens is 220 g/mol. The van der Waals surface area contributed by atoms with Crippen LogP contribution >= 0.6 is 0 Å². The molecule has 0 atom stereocenters. The smallest absolute Gasteiger partial charge is 0.330 e. The molecule has 0 amide bonds. The third-order valence-electron chi connectivity index (χ3n) is 1.42. The van der Waals surface area contributed by atoms with Gasteiger partial charge in [0.15, 0.2) is 0 Å². The summed E-state index contributed by atoms with van der Waals surface area (Å²) in [4.78, 5) is 20.5. The van der Waals surface area contributed by atoms with Gasteiger partial charge < -0.3 is 9.47 Å². The van der Waals surface area contributed by atoms with Gasteiger partial charge in [-0.2, -0.15) is 0 Å². The first-order chi connectivity index (χ1) is 8.12. The van der Waals surface area contributed by atoms with E-state index in [4.69, 9.17) is 0 Å². The van der Waals surface area contributed by atoms with Crippen LogP contribution in [0.3, 0.4) is 0 Å². The SMILES string of the molecule is C=CC(=O)OCCCC.C=CCOC(=O)C=C. The van der Waals surface area contributed by atoms with Gasteiger partial charge >= 0.3 is 11.9 Å². The molecule has 0 fully saturated rings. The van der Waals surface area contributed by atoms with E-state index in [0.29, 0.717) is 6.61 Å². The summed E-state index contributed by atoms with van der Waals surface area (Å²) in [5.41, 5.74) is 0. The average Bonchev–Trinajstić information content (AvgIpc) is 2.36. The molecule has 0 heterocycles. The number of unbranched alkanes of at least 4 members (excludes halogenated alkanes) is 1. The summed E-state index contributed by atoms with van der Waals surface area (Å²) in [5, 5.41) is 0. The summed E-state index contributed by atoms with van der Waals surface area (Å²) in [6.45, 7) is 12.6. The van der Waals surface area contributed by atoms with Crippen LogP contribution in [0.4, 0.5) is 0 Å². The zero-order valence-corrected chi connectivity index (χ0v) is 10.3. The van der Waals surface area contributed by atoms with Crippen molar-refractivity contribution in [2.45, 2.75) is 19.8 Å². The van der Waals surface area contributed by atoms with Crippen LogP contribution in [0, 0.1) is 0 Å². The van der Waals surface area contributed by atoms with Gasteiger partial charge in [0, 0.05) is 12.2 Å². The molecule has 0 unspecified atom stereocenters. The first-order valence-corrected chi connectivity index (χ1v) is 5.31. The van der Waals surface area contributed by atoms with Crippen molar-refractivity contribution in [3.8, 4) is 0 Å². The van der Waals surface area contributed by atoms with Crippen LogP contribution in [0.15, 0.2) is 38.0 Å². The molecule has 4 heteroatoms. The second kappa shape index (κ2) is 14.2. The van der Waals surface area contributed by atoms with Crippen LogP contribution in [-0.4, -0.2) is 25.2 Å². The van der Waals surface area contributed by atoms with Crippen LogP contribution < -0.4 is 0 Å². The molecule has 0 spiro atoms. The fraction of sp³-hybridized carbons (Fsp3) is 0.385. The van der Waals surface area contributed by atoms with Crippen molar-refractivity contribution in [1.29, 1.82) is 0 Å². The van der Waals surface area contributed by atoms with Crippen molar-refractivity contribution in [2.75, 3.05) is 13.2 Å². The lowest BCUT2D eigenvalue weighted by Gasteiger charge is -1.97. The highest BCUT2D eigenvalue weighted by Gasteiger charge is 1.91. The molecular formula is C13H20O4. The van der Waals surface area contributed by atoms with Gasteiger partial charge in [0.05, 0.1) is 6.61 Å². The predicted molar refractivity (Wildman–Crippen MR) is 67.4 cm³/mol. The fourth-order valence-electron chi connectivity index (χ4n) is 0.576. The Labute approximate surface area is 103 Å². The number of esters is 2. The van der Waals surface area contributed by atoms with Crippen molar-refractivity contribution in [3.05, 3.63) is 38.0 Å². The maximum absolute atomic E-state index is 10.3. The Balaban J connectivity index is 0. The van der Waals surface area contributed by atoms with Crippen LogP contribution in [0.25, 0.3) is 0 Å². The second-order valence-corrected chi connectivity index (χ2v) is 2.85. The minimum absolute atomic E-state index is 0.255. The lowest BCUT2D eigenvalue weighted by atomic mass is 10.4. The third kappa shape index (κ3) is 16.8. The van der Waals surface area contributed by atoms with Crippen molar-refractivity contribution in [3.63, 3.8) is 0 Å². The average molecular weight is 240 g/mol. The van der Waals surface area contributed by atoms with Gasteiger partial charge in [0.1, 0.15) is 6.61 Å². The minimum atomic E-state index is -0.412. The van der Waals surface area contributed by atoms with Gasteiger partial charge in [0.2, 0.25) is 0 Å². The van der Waals surface area contributed by atoms with Crippen LogP contribution in [0.1, 0.15) is 19.8 Å². The van der Waals surface area contributed by atoms with Crippen molar-refractivity contribution in [2.24, 2.45) is 0 Å². The van der Waals surface area contributed by atoms with Crippen LogP contribution in [-0.2, 0) is 19.1 Å². The molecule has 96 valence electrons. The van der Waals surface area contributed by atoms with E-state index in [0.717, 1.165) is 18.9 Å². The minimum Gasteiger partial charge on any atom is -0.463 e. The Morgan fingerprint density at radius 3 is 2.00 bits per heavy atom. The number of ether oxygens (including phenoxy) is 2. The summed E-state index contributed by atoms with van der Waals surface area (Å²) in [6, 6.07) is 0. The van der Waals surface area contributed by atoms with Gasteiger partial charge in [-0.1, -0.05) is 39.2 Å². The third-order valence-corrected chi connectivity index (χ3v) is 1.42. The molecule has 0 bridgehead atoms. The summed E-state index contributed by atoms with van der Waals surface area (Å²) >= 11 is 0. The number of hydrogen-bond acceptors (Lipinski definition) is 4. The van der Waals surface area contributed by atoms with E-state index in [2.05, 4.69) is 29.2 Å². The summed E-state index contributed by atoms with van der Waals surface area (Å²) < 4.78 is 9.14. The largest absolute Gasteiger partial charge is 0.463 e. The molecule has 0 N–H and O–H groups in total. The molecule has 0 aliphatic heterocycles. The highest BCUT2D eigenvalue weighted by atomic mass is 16.5. The van der Waals surface area contributed by atoms with E-state index in [1.807, 2.05) is 6.92 Å². The van der Waals surface area contributed by atoms with Gasteiger partial charge in [0.25, 0.3) is 0 Å². The van der Waals surface area contributed by atoms with Crippen LogP contribution in [0.2, 0.25) is 0 Å². The quantitative estimate of drug-likeness (QED) is 0.297. The fourth-order valence-corrected chi connectivity index (χ4v) is 0.576. The Bertz CT molecular complexity index is 256. The Hall–Kier alpha value is -1.84. The Kier molecular flexibility index (Phi) is 14.6. The van der Waals surface area contributed by atoms with Gasteiger partial charge in [-0.05, 0) is 6.42 Å². The lowest BCUT2D eigenvalue weighted by Crippen LogP contribution is -2.00. The number of hydrogen-bond donors (Lipinski definition) is 0. The molecule has 0 aliphatic rings. The van der Waals surface area contributed by atoms with E-state index in [1.165, 1.54) is 12.2 Å². The normalized spacial score (nSPS) is 8.06. The molecule has 0 aromatic heterocycles. The topological polar surface area (TPSA) is 52.6 Å². The van der Waals surface area contributed by atoms with E-state index in [-0.39, 0.29) is 12.6 Å². The standard InChI is InChI=1S/C7H12O2.C6H8O2/c1-3-5-6-9-7(8)4-2;1-3-5-8-6(7)4-2/h4H,2-3,5-6H2,1H3;3-4H,1-2,5H2. The molecule has 0 saturated heterocycles. The molecule has 17 heavy (non-hydrogen) atoms. The molecule has 4 nitrogen and oxygen atoms in total. The molecule has 0 radical (unpaired) electrons. The lowest BCUT2D eigenvalue weighted by molar-refractivity contribution is -0.138. The van der Waals surface area contributed by atoms with E-state index in [9.17, 15) is 9.59 Å². The van der Waals surface area contributed by atoms with Crippen molar-refractivity contribution >= 4 is 11.9 Å². The van der Waals surface area contributed by atoms with Gasteiger partial charge in [-0.3, -0.25) is 0 Å². The first-order valence-electron chi connectivity index (χ1n) is 5.31. The van der Waals surface area contributed by atoms with E-state index < -0.39 is 5.97 Å². The van der Waals surface area contributed by atoms with Crippen molar-refractivity contribution in [1.82, 2.24) is 0 Å². The van der Waals surface area contributed by atoms with E-state index >= 15 is 0 Å². The molecule has 0 aromatic rings. The monoisotopic (exact) mass is 240 g/mol. The maximum Gasteiger partial charge on any atom is 0.330 e. The molecule has 0 rings (SSSR count). The summed E-state index contributed by atoms with van der Waals surface area (Å²) in [5.74, 6) is -0.742. The number of carbonyl (C=O) groups excluding carboxylic acids is 2. The summed E-state index contributed by atoms with van der Waals surface area (Å²) in [7, 11) is 0. The maximum atomic E-state index is 10.3. The van der Waals surface area contributed by atoms with Crippen molar-refractivity contribution < 1.29 is 19.1 Å². The Morgan fingerprint density at radius 1 is 1.06 bits per heavy atom. The highest BCUT2D eigenvalue weighted by Crippen LogP contribution is 1.88. The number of rotatable bonds is 7. The molecule has 0 aliphatic carbocycles. The molecule has 0 saturated carbocycles. The predicted octanol–water partition coefficient (Wildman–Crippen LogP) is 2.42. The van der Waals surface area contributed by atoms with Gasteiger partial charge in [-0.15, -0.1) is 0 Å². The van der Waals surface area contributed by atoms with Crippen LogP contribution in [0.5, 0.6) is 0 Å². The molecule has 0 aromatic carbocycles. The Morgan fingerprint density at radius 2 is 1.59 bits per heavy atom. The first kappa shape index (κ1) is 17.6. The van der Waals surface area contributed by atoms with E-state index in [1.54, 1.807) is 0 Å². The zero-order valence-electron chi connectivity index (χ0n) is 10.3. The number of carbonyl (C=O) groups is 2. The summed E-state index contributed by atoms with van der Waals surface area (Å²) in [6.07, 6.45) is 5.77. The van der Waals surface area contributed by atoms with Gasteiger partial charge in [-0.25, -0.2) is 9.59 Å². The zero-order chi connectivity index (χ0) is 13.5. The second-order valence-electron chi connectivity index (χ2n) is 2.85. The highest BCUT2D eigenvalue weighted by molar-refractivity contribution is 5.81.